The fourth-order valence-corrected chi connectivity index (χ4v) is 4.66. The van der Waals surface area contributed by atoms with E-state index in [1.54, 1.807) is 37.3 Å². The topological polar surface area (TPSA) is 60.9 Å². The van der Waals surface area contributed by atoms with Crippen molar-refractivity contribution in [2.24, 2.45) is 0 Å². The van der Waals surface area contributed by atoms with Gasteiger partial charge in [-0.15, -0.1) is 0 Å². The van der Waals surface area contributed by atoms with E-state index in [4.69, 9.17) is 19.2 Å². The third-order valence-corrected chi connectivity index (χ3v) is 6.52. The van der Waals surface area contributed by atoms with Crippen LogP contribution in [0.25, 0.3) is 10.2 Å². The molecule has 0 bridgehead atoms. The van der Waals surface area contributed by atoms with Crippen molar-refractivity contribution in [2.75, 3.05) is 32.3 Å². The molecule has 1 aromatic heterocycles. The molecule has 158 valence electrons. The average molecular weight is 427 g/mol. The van der Waals surface area contributed by atoms with Gasteiger partial charge in [-0.1, -0.05) is 11.3 Å². The van der Waals surface area contributed by atoms with Crippen molar-refractivity contribution in [3.63, 3.8) is 0 Å². The lowest BCUT2D eigenvalue weighted by Gasteiger charge is -2.23. The molecule has 1 atom stereocenters. The molecular formula is C23H26N2O4S. The Balaban J connectivity index is 1.75. The van der Waals surface area contributed by atoms with E-state index in [0.717, 1.165) is 29.7 Å². The lowest BCUT2D eigenvalue weighted by Crippen LogP contribution is -2.37. The van der Waals surface area contributed by atoms with Crippen LogP contribution in [0.5, 0.6) is 11.5 Å². The number of benzene rings is 2. The summed E-state index contributed by atoms with van der Waals surface area (Å²) < 4.78 is 17.6. The molecule has 1 fully saturated rings. The summed E-state index contributed by atoms with van der Waals surface area (Å²) in [6, 6.07) is 9.43. The number of ether oxygens (including phenoxy) is 3. The van der Waals surface area contributed by atoms with E-state index in [2.05, 4.69) is 26.0 Å². The summed E-state index contributed by atoms with van der Waals surface area (Å²) in [6.45, 7) is 5.37. The van der Waals surface area contributed by atoms with Crippen LogP contribution < -0.4 is 14.4 Å². The van der Waals surface area contributed by atoms with Crippen LogP contribution in [-0.4, -0.2) is 44.4 Å². The number of hydrogen-bond donors (Lipinski definition) is 0. The summed E-state index contributed by atoms with van der Waals surface area (Å²) in [5, 5.41) is 0.678. The molecule has 0 radical (unpaired) electrons. The Hall–Kier alpha value is -2.64. The third kappa shape index (κ3) is 4.13. The van der Waals surface area contributed by atoms with Gasteiger partial charge in [0, 0.05) is 18.2 Å². The van der Waals surface area contributed by atoms with Gasteiger partial charge in [-0.05, 0) is 62.1 Å². The van der Waals surface area contributed by atoms with E-state index in [0.29, 0.717) is 28.7 Å². The van der Waals surface area contributed by atoms with Crippen LogP contribution >= 0.6 is 11.3 Å². The van der Waals surface area contributed by atoms with Crippen LogP contribution in [0.4, 0.5) is 5.13 Å². The molecule has 0 saturated carbocycles. The minimum atomic E-state index is -0.143. The molecule has 1 unspecified atom stereocenters. The summed E-state index contributed by atoms with van der Waals surface area (Å²) in [6.07, 6.45) is 1.96. The first-order valence-electron chi connectivity index (χ1n) is 10.0. The zero-order valence-corrected chi connectivity index (χ0v) is 18.5. The van der Waals surface area contributed by atoms with Gasteiger partial charge in [0.1, 0.15) is 11.5 Å². The zero-order chi connectivity index (χ0) is 21.3. The van der Waals surface area contributed by atoms with Gasteiger partial charge >= 0.3 is 0 Å². The number of methoxy groups -OCH3 is 2. The minimum absolute atomic E-state index is 0.0111. The number of carbonyl (C=O) groups is 1. The first kappa shape index (κ1) is 20.6. The van der Waals surface area contributed by atoms with Gasteiger partial charge in [-0.25, -0.2) is 4.98 Å². The summed E-state index contributed by atoms with van der Waals surface area (Å²) in [5.74, 6) is 1.01. The van der Waals surface area contributed by atoms with Crippen molar-refractivity contribution < 1.29 is 19.0 Å². The Bertz CT molecular complexity index is 1010. The molecule has 1 amide bonds. The molecule has 30 heavy (non-hydrogen) atoms. The lowest BCUT2D eigenvalue weighted by atomic mass is 10.1. The number of thiazole rings is 1. The highest BCUT2D eigenvalue weighted by Crippen LogP contribution is 2.33. The van der Waals surface area contributed by atoms with Gasteiger partial charge in [0.2, 0.25) is 0 Å². The first-order valence-corrected chi connectivity index (χ1v) is 10.8. The van der Waals surface area contributed by atoms with E-state index >= 15 is 0 Å². The highest BCUT2D eigenvalue weighted by Gasteiger charge is 2.28. The summed E-state index contributed by atoms with van der Waals surface area (Å²) in [5.41, 5.74) is 3.81. The Morgan fingerprint density at radius 1 is 1.13 bits per heavy atom. The number of amides is 1. The summed E-state index contributed by atoms with van der Waals surface area (Å²) in [4.78, 5) is 20.1. The number of hydrogen-bond acceptors (Lipinski definition) is 6. The van der Waals surface area contributed by atoms with E-state index in [1.165, 1.54) is 22.5 Å². The zero-order valence-electron chi connectivity index (χ0n) is 17.7. The fourth-order valence-electron chi connectivity index (χ4n) is 3.61. The summed E-state index contributed by atoms with van der Waals surface area (Å²) >= 11 is 1.53. The minimum Gasteiger partial charge on any atom is -0.497 e. The average Bonchev–Trinajstić information content (AvgIpc) is 3.41. The molecular weight excluding hydrogens is 400 g/mol. The molecule has 7 heteroatoms. The smallest absolute Gasteiger partial charge is 0.260 e. The molecule has 0 spiro atoms. The highest BCUT2D eigenvalue weighted by molar-refractivity contribution is 7.22. The number of aromatic nitrogens is 1. The van der Waals surface area contributed by atoms with Crippen LogP contribution in [0, 0.1) is 13.8 Å². The molecule has 3 aromatic rings. The molecule has 1 saturated heterocycles. The summed E-state index contributed by atoms with van der Waals surface area (Å²) in [7, 11) is 3.15. The number of fused-ring (bicyclic) bond motifs is 1. The van der Waals surface area contributed by atoms with E-state index in [9.17, 15) is 4.79 Å². The number of rotatable bonds is 6. The molecule has 2 heterocycles. The normalized spacial score (nSPS) is 16.1. The second kappa shape index (κ2) is 8.62. The van der Waals surface area contributed by atoms with E-state index < -0.39 is 0 Å². The Labute approximate surface area is 180 Å². The highest BCUT2D eigenvalue weighted by atomic mass is 32.1. The predicted molar refractivity (Wildman–Crippen MR) is 119 cm³/mol. The predicted octanol–water partition coefficient (Wildman–Crippen LogP) is 4.76. The third-order valence-electron chi connectivity index (χ3n) is 5.48. The number of aryl methyl sites for hydroxylation is 2. The maximum atomic E-state index is 13.6. The molecule has 0 aliphatic carbocycles. The number of carbonyl (C=O) groups excluding carboxylic acids is 1. The quantitative estimate of drug-likeness (QED) is 0.569. The van der Waals surface area contributed by atoms with Crippen LogP contribution in [0.2, 0.25) is 0 Å². The first-order chi connectivity index (χ1) is 14.5. The van der Waals surface area contributed by atoms with Crippen LogP contribution in [0.3, 0.4) is 0 Å². The maximum absolute atomic E-state index is 13.6. The van der Waals surface area contributed by atoms with Crippen molar-refractivity contribution in [3.05, 3.63) is 47.0 Å². The number of nitrogens with zero attached hydrogens (tertiary/aromatic N) is 2. The second-order valence-electron chi connectivity index (χ2n) is 7.55. The van der Waals surface area contributed by atoms with Crippen molar-refractivity contribution in [3.8, 4) is 11.5 Å². The van der Waals surface area contributed by atoms with Crippen LogP contribution in [0.15, 0.2) is 30.3 Å². The lowest BCUT2D eigenvalue weighted by molar-refractivity contribution is 0.0917. The maximum Gasteiger partial charge on any atom is 0.260 e. The van der Waals surface area contributed by atoms with Crippen LogP contribution in [0.1, 0.15) is 34.3 Å². The molecule has 1 aliphatic heterocycles. The second-order valence-corrected chi connectivity index (χ2v) is 8.56. The SMILES string of the molecule is COc1cc(OC)cc(C(=O)N(CC2CCCO2)c2nc3cc(C)c(C)cc3s2)c1. The van der Waals surface area contributed by atoms with Gasteiger partial charge in [0.15, 0.2) is 5.13 Å². The molecule has 0 N–H and O–H groups in total. The van der Waals surface area contributed by atoms with Gasteiger partial charge in [0.05, 0.1) is 37.1 Å². The van der Waals surface area contributed by atoms with Crippen molar-refractivity contribution in [2.45, 2.75) is 32.8 Å². The fraction of sp³-hybridized carbons (Fsp3) is 0.391. The van der Waals surface area contributed by atoms with Gasteiger partial charge < -0.3 is 14.2 Å². The standard InChI is InChI=1S/C23H26N2O4S/c1-14-8-20-21(9-15(14)2)30-23(24-20)25(13-17-6-5-7-29-17)22(26)16-10-18(27-3)12-19(11-16)28-4/h8-12,17H,5-7,13H2,1-4H3. The molecule has 2 aromatic carbocycles. The molecule has 4 rings (SSSR count). The van der Waals surface area contributed by atoms with Gasteiger partial charge in [-0.2, -0.15) is 0 Å². The van der Waals surface area contributed by atoms with Crippen LogP contribution in [-0.2, 0) is 4.74 Å². The van der Waals surface area contributed by atoms with Crippen molar-refractivity contribution in [1.29, 1.82) is 0 Å². The van der Waals surface area contributed by atoms with Crippen molar-refractivity contribution in [1.82, 2.24) is 4.98 Å². The Morgan fingerprint density at radius 3 is 2.47 bits per heavy atom. The molecule has 1 aliphatic rings. The Kier molecular flexibility index (Phi) is 5.92. The molecule has 6 nitrogen and oxygen atoms in total. The number of anilines is 1. The van der Waals surface area contributed by atoms with Gasteiger partial charge in [-0.3, -0.25) is 9.69 Å². The van der Waals surface area contributed by atoms with Crippen molar-refractivity contribution >= 4 is 32.6 Å². The van der Waals surface area contributed by atoms with E-state index in [1.807, 2.05) is 0 Å². The Morgan fingerprint density at radius 2 is 1.83 bits per heavy atom. The van der Waals surface area contributed by atoms with E-state index in [-0.39, 0.29) is 12.0 Å². The van der Waals surface area contributed by atoms with Gasteiger partial charge in [0.25, 0.3) is 5.91 Å². The largest absolute Gasteiger partial charge is 0.497 e. The monoisotopic (exact) mass is 426 g/mol.